The first-order valence-corrected chi connectivity index (χ1v) is 13.4. The van der Waals surface area contributed by atoms with Crippen molar-refractivity contribution in [3.63, 3.8) is 0 Å². The molecule has 1 fully saturated rings. The highest BCUT2D eigenvalue weighted by Gasteiger charge is 2.43. The number of thiocarbonyl (C=S) groups is 1. The molecule has 3 aromatic rings. The number of rotatable bonds is 5. The second kappa shape index (κ2) is 8.64. The molecule has 1 aliphatic heterocycles. The Kier molecular flexibility index (Phi) is 6.21. The molecule has 4 rings (SSSR count). The highest BCUT2D eigenvalue weighted by molar-refractivity contribution is 14.1. The van der Waals surface area contributed by atoms with Gasteiger partial charge in [-0.25, -0.2) is 8.42 Å². The van der Waals surface area contributed by atoms with E-state index in [-0.39, 0.29) is 12.1 Å². The van der Waals surface area contributed by atoms with Crippen LogP contribution in [-0.2, 0) is 10.0 Å². The molecule has 0 radical (unpaired) electrons. The third-order valence-electron chi connectivity index (χ3n) is 5.52. The van der Waals surface area contributed by atoms with Gasteiger partial charge in [0.05, 0.1) is 29.7 Å². The first kappa shape index (κ1) is 23.0. The molecule has 3 N–H and O–H groups in total. The van der Waals surface area contributed by atoms with Crippen molar-refractivity contribution in [3.8, 4) is 0 Å². The smallest absolute Gasteiger partial charge is 0.229 e. The fraction of sp³-hybridized carbons (Fsp3) is 0.273. The Balaban J connectivity index is 1.84. The van der Waals surface area contributed by atoms with Crippen molar-refractivity contribution < 1.29 is 8.42 Å². The number of benzene rings is 1. The monoisotopic (exact) mass is 581 g/mol. The molecule has 0 aliphatic carbocycles. The highest BCUT2D eigenvalue weighted by atomic mass is 127. The van der Waals surface area contributed by atoms with Gasteiger partial charge in [-0.2, -0.15) is 0 Å². The van der Waals surface area contributed by atoms with Crippen molar-refractivity contribution in [2.45, 2.75) is 32.9 Å². The number of hydrogen-bond acceptors (Lipinski definition) is 4. The van der Waals surface area contributed by atoms with Crippen molar-refractivity contribution in [2.24, 2.45) is 0 Å². The Bertz CT molecular complexity index is 1290. The lowest BCUT2D eigenvalue weighted by Crippen LogP contribution is -2.30. The van der Waals surface area contributed by atoms with Gasteiger partial charge in [-0.05, 0) is 91.5 Å². The summed E-state index contributed by atoms with van der Waals surface area (Å²) in [5, 5.41) is 4.07. The van der Waals surface area contributed by atoms with E-state index in [1.54, 1.807) is 12.3 Å². The fourth-order valence-electron chi connectivity index (χ4n) is 4.16. The Morgan fingerprint density at radius 2 is 1.91 bits per heavy atom. The van der Waals surface area contributed by atoms with E-state index in [9.17, 15) is 8.42 Å². The maximum atomic E-state index is 11.7. The van der Waals surface area contributed by atoms with Crippen molar-refractivity contribution >= 4 is 61.3 Å². The van der Waals surface area contributed by atoms with Gasteiger partial charge >= 0.3 is 0 Å². The quantitative estimate of drug-likeness (QED) is 0.304. The van der Waals surface area contributed by atoms with Gasteiger partial charge in [0.25, 0.3) is 0 Å². The van der Waals surface area contributed by atoms with Gasteiger partial charge in [0.2, 0.25) is 10.0 Å². The number of nitrogens with zero attached hydrogens (tertiary/aromatic N) is 2. The predicted octanol–water partition coefficient (Wildman–Crippen LogP) is 4.49. The Labute approximate surface area is 207 Å². The number of nitrogens with one attached hydrogen (secondary N) is 3. The number of anilines is 2. The summed E-state index contributed by atoms with van der Waals surface area (Å²) in [7, 11) is -3.36. The molecule has 10 heteroatoms. The average molecular weight is 582 g/mol. The van der Waals surface area contributed by atoms with E-state index in [0.29, 0.717) is 10.8 Å². The third kappa shape index (κ3) is 4.35. The predicted molar refractivity (Wildman–Crippen MR) is 141 cm³/mol. The Hall–Kier alpha value is -2.18. The maximum absolute atomic E-state index is 11.7. The Morgan fingerprint density at radius 1 is 1.16 bits per heavy atom. The van der Waals surface area contributed by atoms with Gasteiger partial charge in [-0.1, -0.05) is 6.07 Å². The van der Waals surface area contributed by atoms with Crippen LogP contribution < -0.4 is 14.9 Å². The molecule has 32 heavy (non-hydrogen) atoms. The van der Waals surface area contributed by atoms with Crippen molar-refractivity contribution in [3.05, 3.63) is 74.4 Å². The van der Waals surface area contributed by atoms with Gasteiger partial charge < -0.3 is 15.2 Å². The van der Waals surface area contributed by atoms with Crippen LogP contribution in [0, 0.1) is 24.3 Å². The lowest BCUT2D eigenvalue weighted by molar-refractivity contribution is 0.564. The molecule has 2 atom stereocenters. The molecule has 0 saturated carbocycles. The minimum Gasteiger partial charge on any atom is -0.362 e. The molecule has 0 unspecified atom stereocenters. The topological polar surface area (TPSA) is 90.1 Å². The summed E-state index contributed by atoms with van der Waals surface area (Å²) in [5.74, 6) is 0. The van der Waals surface area contributed by atoms with Crippen molar-refractivity contribution in [2.75, 3.05) is 15.9 Å². The number of hydrogen-bond donors (Lipinski definition) is 3. The van der Waals surface area contributed by atoms with Gasteiger partial charge in [0.15, 0.2) is 5.11 Å². The van der Waals surface area contributed by atoms with Crippen LogP contribution in [0.1, 0.15) is 40.3 Å². The summed E-state index contributed by atoms with van der Waals surface area (Å²) < 4.78 is 27.1. The van der Waals surface area contributed by atoms with Crippen LogP contribution in [0.15, 0.2) is 42.6 Å². The van der Waals surface area contributed by atoms with Crippen molar-refractivity contribution in [1.82, 2.24) is 15.3 Å². The zero-order valence-electron chi connectivity index (χ0n) is 18.1. The fourth-order valence-corrected chi connectivity index (χ4v) is 5.99. The normalized spacial score (nSPS) is 18.7. The Morgan fingerprint density at radius 3 is 2.47 bits per heavy atom. The van der Waals surface area contributed by atoms with Crippen LogP contribution >= 0.6 is 34.8 Å². The van der Waals surface area contributed by atoms with Gasteiger partial charge in [-0.15, -0.1) is 0 Å². The lowest BCUT2D eigenvalue weighted by atomic mass is 9.96. The molecular weight excluding hydrogens is 557 g/mol. The summed E-state index contributed by atoms with van der Waals surface area (Å²) in [6.07, 6.45) is 2.93. The van der Waals surface area contributed by atoms with E-state index in [0.717, 1.165) is 38.2 Å². The maximum Gasteiger partial charge on any atom is 0.229 e. The minimum absolute atomic E-state index is 0.123. The van der Waals surface area contributed by atoms with E-state index in [4.69, 9.17) is 12.2 Å². The van der Waals surface area contributed by atoms with E-state index >= 15 is 0 Å². The molecule has 168 valence electrons. The molecule has 7 nitrogen and oxygen atoms in total. The molecule has 0 amide bonds. The number of aryl methyl sites for hydroxylation is 3. The van der Waals surface area contributed by atoms with Crippen LogP contribution in [0.2, 0.25) is 0 Å². The summed E-state index contributed by atoms with van der Waals surface area (Å²) in [5.41, 5.74) is 6.52. The van der Waals surface area contributed by atoms with Crippen LogP contribution in [0.4, 0.5) is 11.4 Å². The first-order chi connectivity index (χ1) is 15.1. The molecule has 3 heterocycles. The number of halogens is 1. The van der Waals surface area contributed by atoms with E-state index in [2.05, 4.69) is 61.3 Å². The second-order valence-electron chi connectivity index (χ2n) is 7.97. The van der Waals surface area contributed by atoms with E-state index in [1.807, 2.05) is 37.3 Å². The van der Waals surface area contributed by atoms with E-state index < -0.39 is 10.0 Å². The number of aromatic nitrogens is 2. The van der Waals surface area contributed by atoms with Crippen LogP contribution in [0.5, 0.6) is 0 Å². The average Bonchev–Trinajstić information content (AvgIpc) is 3.18. The molecule has 1 aromatic carbocycles. The first-order valence-electron chi connectivity index (χ1n) is 10.0. The molecule has 0 spiro atoms. The summed E-state index contributed by atoms with van der Waals surface area (Å²) in [4.78, 5) is 10.2. The molecule has 2 aromatic heterocycles. The summed E-state index contributed by atoms with van der Waals surface area (Å²) in [6.45, 7) is 6.02. The van der Waals surface area contributed by atoms with Crippen LogP contribution in [-0.4, -0.2) is 29.8 Å². The number of aromatic amines is 1. The van der Waals surface area contributed by atoms with Gasteiger partial charge in [0, 0.05) is 32.4 Å². The molecule has 1 aliphatic rings. The van der Waals surface area contributed by atoms with Crippen LogP contribution in [0.3, 0.4) is 0 Å². The van der Waals surface area contributed by atoms with E-state index in [1.165, 1.54) is 5.56 Å². The standard InChI is InChI=1S/C22H24IN5O2S2/c1-12-11-15(8-9-16(12)27-32(4,29)30)28-21(18-13(2)25-14(3)19(18)23)20(26-22(28)31)17-7-5-6-10-24-17/h5-11,20-21,25,27H,1-4H3,(H,26,31)/t20-,21-/m1/s1. The number of H-pyrrole nitrogens is 1. The molecule has 0 bridgehead atoms. The van der Waals surface area contributed by atoms with Gasteiger partial charge in [0.1, 0.15) is 0 Å². The lowest BCUT2D eigenvalue weighted by Gasteiger charge is -2.29. The zero-order valence-corrected chi connectivity index (χ0v) is 21.9. The molecule has 1 saturated heterocycles. The van der Waals surface area contributed by atoms with Crippen LogP contribution in [0.25, 0.3) is 0 Å². The highest BCUT2D eigenvalue weighted by Crippen LogP contribution is 2.45. The largest absolute Gasteiger partial charge is 0.362 e. The van der Waals surface area contributed by atoms with Crippen molar-refractivity contribution in [1.29, 1.82) is 0 Å². The second-order valence-corrected chi connectivity index (χ2v) is 11.2. The third-order valence-corrected chi connectivity index (χ3v) is 7.82. The SMILES string of the molecule is Cc1cc(N2C(=S)N[C@H](c3ccccn3)[C@H]2c2c(C)[nH]c(C)c2I)ccc1NS(C)(=O)=O. The summed E-state index contributed by atoms with van der Waals surface area (Å²) in [6, 6.07) is 11.2. The zero-order chi connectivity index (χ0) is 23.2. The number of sulfonamides is 1. The van der Waals surface area contributed by atoms with Gasteiger partial charge in [-0.3, -0.25) is 9.71 Å². The minimum atomic E-state index is -3.36. The number of pyridine rings is 1. The molecular formula is C22H24IN5O2S2. The summed E-state index contributed by atoms with van der Waals surface area (Å²) >= 11 is 8.18.